The van der Waals surface area contributed by atoms with Gasteiger partial charge in [0.25, 0.3) is 0 Å². The van der Waals surface area contributed by atoms with E-state index >= 15 is 0 Å². The lowest BCUT2D eigenvalue weighted by molar-refractivity contribution is -0.138. The van der Waals surface area contributed by atoms with Crippen LogP contribution in [-0.2, 0) is 29.0 Å². The van der Waals surface area contributed by atoms with Crippen LogP contribution >= 0.6 is 22.9 Å². The molecular formula is C23H26ClN3O3S. The number of carbonyl (C=O) groups excluding carboxylic acids is 2. The number of unbranched alkanes of at least 4 members (excludes halogenated alkanes) is 1. The highest BCUT2D eigenvalue weighted by Gasteiger charge is 2.19. The van der Waals surface area contributed by atoms with Gasteiger partial charge in [0, 0.05) is 17.6 Å². The highest BCUT2D eigenvalue weighted by molar-refractivity contribution is 7.11. The molecule has 164 valence electrons. The van der Waals surface area contributed by atoms with Gasteiger partial charge in [-0.1, -0.05) is 43.1 Å². The molecule has 0 fully saturated rings. The predicted molar refractivity (Wildman–Crippen MR) is 123 cm³/mol. The van der Waals surface area contributed by atoms with Gasteiger partial charge in [-0.15, -0.1) is 11.3 Å². The van der Waals surface area contributed by atoms with Crippen LogP contribution in [0.3, 0.4) is 0 Å². The van der Waals surface area contributed by atoms with Gasteiger partial charge in [-0.2, -0.15) is 0 Å². The fourth-order valence-electron chi connectivity index (χ4n) is 3.10. The van der Waals surface area contributed by atoms with Crippen LogP contribution < -0.4 is 10.1 Å². The molecule has 0 aliphatic rings. The topological polar surface area (TPSA) is 73.2 Å². The van der Waals surface area contributed by atoms with Crippen LogP contribution in [0.25, 0.3) is 0 Å². The lowest BCUT2D eigenvalue weighted by atomic mass is 10.2. The molecule has 0 radical (unpaired) electrons. The Hall–Kier alpha value is -2.64. The molecule has 0 bridgehead atoms. The first-order valence-electron chi connectivity index (χ1n) is 10.3. The second-order valence-corrected chi connectivity index (χ2v) is 8.61. The van der Waals surface area contributed by atoms with Crippen molar-refractivity contribution in [2.75, 3.05) is 0 Å². The van der Waals surface area contributed by atoms with Crippen LogP contribution in [0.2, 0.25) is 5.02 Å². The number of carbonyl (C=O) groups is 2. The zero-order chi connectivity index (χ0) is 22.2. The summed E-state index contributed by atoms with van der Waals surface area (Å²) >= 11 is 7.64. The highest BCUT2D eigenvalue weighted by Crippen LogP contribution is 2.19. The molecule has 1 N–H and O–H groups in total. The van der Waals surface area contributed by atoms with Crippen molar-refractivity contribution in [2.24, 2.45) is 0 Å². The SMILES string of the molecule is CCCCc1nc(CC(=O)N[C@@H](C)C(=O)Oc2cccs2)cn1Cc1ccccc1Cl. The Balaban J connectivity index is 1.64. The monoisotopic (exact) mass is 459 g/mol. The van der Waals surface area contributed by atoms with E-state index in [4.69, 9.17) is 16.3 Å². The largest absolute Gasteiger partial charge is 0.414 e. The number of hydrogen-bond acceptors (Lipinski definition) is 5. The van der Waals surface area contributed by atoms with Gasteiger partial charge in [-0.25, -0.2) is 9.78 Å². The number of halogens is 1. The summed E-state index contributed by atoms with van der Waals surface area (Å²) in [5.74, 6) is 0.151. The molecule has 0 saturated heterocycles. The summed E-state index contributed by atoms with van der Waals surface area (Å²) in [6.45, 7) is 4.33. The number of aryl methyl sites for hydroxylation is 1. The maximum Gasteiger partial charge on any atom is 0.334 e. The lowest BCUT2D eigenvalue weighted by Gasteiger charge is -2.11. The Morgan fingerprint density at radius 2 is 2.06 bits per heavy atom. The van der Waals surface area contributed by atoms with Crippen LogP contribution in [0.5, 0.6) is 5.06 Å². The van der Waals surface area contributed by atoms with Crippen LogP contribution in [0.15, 0.2) is 48.0 Å². The third-order valence-corrected chi connectivity index (χ3v) is 5.84. The number of benzene rings is 1. The number of hydrogen-bond donors (Lipinski definition) is 1. The smallest absolute Gasteiger partial charge is 0.334 e. The molecule has 3 aromatic rings. The summed E-state index contributed by atoms with van der Waals surface area (Å²) in [7, 11) is 0. The van der Waals surface area contributed by atoms with Gasteiger partial charge >= 0.3 is 5.97 Å². The number of thiophene rings is 1. The standard InChI is InChI=1S/C23H26ClN3O3S/c1-3-4-10-20-26-18(15-27(20)14-17-8-5-6-9-19(17)24)13-21(28)25-16(2)23(29)30-22-11-7-12-31-22/h5-9,11-12,15-16H,3-4,10,13-14H2,1-2H3,(H,25,28)/t16-/m0/s1. The van der Waals surface area contributed by atoms with Gasteiger partial charge < -0.3 is 14.6 Å². The molecule has 0 saturated carbocycles. The second kappa shape index (κ2) is 11.1. The van der Waals surface area contributed by atoms with E-state index in [0.29, 0.717) is 22.3 Å². The Morgan fingerprint density at radius 3 is 2.77 bits per heavy atom. The van der Waals surface area contributed by atoms with E-state index in [0.717, 1.165) is 30.7 Å². The molecule has 1 aromatic carbocycles. The van der Waals surface area contributed by atoms with Crippen molar-refractivity contribution in [3.05, 3.63) is 70.1 Å². The second-order valence-electron chi connectivity index (χ2n) is 7.29. The first kappa shape index (κ1) is 23.0. The van der Waals surface area contributed by atoms with E-state index in [2.05, 4.69) is 17.2 Å². The quantitative estimate of drug-likeness (QED) is 0.448. The van der Waals surface area contributed by atoms with Gasteiger partial charge in [0.2, 0.25) is 5.91 Å². The van der Waals surface area contributed by atoms with E-state index in [1.807, 2.05) is 40.4 Å². The summed E-state index contributed by atoms with van der Waals surface area (Å²) in [6.07, 6.45) is 4.87. The van der Waals surface area contributed by atoms with Gasteiger partial charge in [-0.3, -0.25) is 4.79 Å². The fraction of sp³-hybridized carbons (Fsp3) is 0.348. The van der Waals surface area contributed by atoms with Gasteiger partial charge in [-0.05, 0) is 42.5 Å². The van der Waals surface area contributed by atoms with E-state index < -0.39 is 12.0 Å². The fourth-order valence-corrected chi connectivity index (χ4v) is 3.88. The molecule has 1 atom stereocenters. The number of nitrogens with one attached hydrogen (secondary N) is 1. The number of aromatic nitrogens is 2. The van der Waals surface area contributed by atoms with Gasteiger partial charge in [0.15, 0.2) is 5.06 Å². The maximum absolute atomic E-state index is 12.5. The number of imidazole rings is 1. The minimum atomic E-state index is -0.751. The van der Waals surface area contributed by atoms with Crippen molar-refractivity contribution < 1.29 is 14.3 Å². The molecule has 6 nitrogen and oxygen atoms in total. The van der Waals surface area contributed by atoms with Crippen LogP contribution in [0.4, 0.5) is 0 Å². The molecule has 1 amide bonds. The molecule has 0 aliphatic heterocycles. The van der Waals surface area contributed by atoms with Crippen molar-refractivity contribution in [1.82, 2.24) is 14.9 Å². The predicted octanol–water partition coefficient (Wildman–Crippen LogP) is 4.64. The zero-order valence-electron chi connectivity index (χ0n) is 17.6. The highest BCUT2D eigenvalue weighted by atomic mass is 35.5. The summed E-state index contributed by atoms with van der Waals surface area (Å²) < 4.78 is 7.29. The Bertz CT molecular complexity index is 1020. The molecule has 2 heterocycles. The zero-order valence-corrected chi connectivity index (χ0v) is 19.2. The van der Waals surface area contributed by atoms with E-state index in [9.17, 15) is 9.59 Å². The van der Waals surface area contributed by atoms with E-state index in [1.165, 1.54) is 11.3 Å². The minimum Gasteiger partial charge on any atom is -0.414 e. The van der Waals surface area contributed by atoms with Crippen molar-refractivity contribution in [2.45, 2.75) is 52.1 Å². The summed E-state index contributed by atoms with van der Waals surface area (Å²) in [5.41, 5.74) is 1.66. The number of rotatable bonds is 10. The molecule has 0 unspecified atom stereocenters. The molecule has 8 heteroatoms. The first-order valence-corrected chi connectivity index (χ1v) is 11.5. The number of ether oxygens (including phenoxy) is 1. The molecular weight excluding hydrogens is 434 g/mol. The van der Waals surface area contributed by atoms with Crippen LogP contribution in [0.1, 0.15) is 43.8 Å². The van der Waals surface area contributed by atoms with Gasteiger partial charge in [0.05, 0.1) is 18.7 Å². The number of amides is 1. The summed E-state index contributed by atoms with van der Waals surface area (Å²) in [6, 6.07) is 10.5. The van der Waals surface area contributed by atoms with Crippen molar-refractivity contribution in [3.63, 3.8) is 0 Å². The first-order chi connectivity index (χ1) is 15.0. The third-order valence-electron chi connectivity index (χ3n) is 4.73. The Labute approximate surface area is 191 Å². The lowest BCUT2D eigenvalue weighted by Crippen LogP contribution is -2.41. The molecule has 0 aliphatic carbocycles. The van der Waals surface area contributed by atoms with Crippen molar-refractivity contribution in [3.8, 4) is 5.06 Å². The normalized spacial score (nSPS) is 11.8. The minimum absolute atomic E-state index is 0.0886. The molecule has 0 spiro atoms. The van der Waals surface area contributed by atoms with Crippen LogP contribution in [0, 0.1) is 0 Å². The summed E-state index contributed by atoms with van der Waals surface area (Å²) in [4.78, 5) is 29.3. The Kier molecular flexibility index (Phi) is 8.26. The Morgan fingerprint density at radius 1 is 1.26 bits per heavy atom. The third kappa shape index (κ3) is 6.67. The van der Waals surface area contributed by atoms with E-state index in [-0.39, 0.29) is 12.3 Å². The van der Waals surface area contributed by atoms with E-state index in [1.54, 1.807) is 19.1 Å². The van der Waals surface area contributed by atoms with Crippen molar-refractivity contribution >= 4 is 34.8 Å². The average molecular weight is 460 g/mol. The molecule has 31 heavy (non-hydrogen) atoms. The average Bonchev–Trinajstić information content (AvgIpc) is 3.37. The molecule has 2 aromatic heterocycles. The number of nitrogens with zero attached hydrogens (tertiary/aromatic N) is 2. The maximum atomic E-state index is 12.5. The van der Waals surface area contributed by atoms with Crippen LogP contribution in [-0.4, -0.2) is 27.5 Å². The number of esters is 1. The van der Waals surface area contributed by atoms with Crippen molar-refractivity contribution in [1.29, 1.82) is 0 Å². The van der Waals surface area contributed by atoms with Gasteiger partial charge in [0.1, 0.15) is 11.9 Å². The summed E-state index contributed by atoms with van der Waals surface area (Å²) in [5, 5.41) is 5.72. The molecule has 3 rings (SSSR count).